The van der Waals surface area contributed by atoms with Gasteiger partial charge in [-0.2, -0.15) is 0 Å². The van der Waals surface area contributed by atoms with Gasteiger partial charge in [-0.1, -0.05) is 6.92 Å². The molecule has 1 saturated heterocycles. The van der Waals surface area contributed by atoms with E-state index in [1.54, 1.807) is 6.92 Å². The van der Waals surface area contributed by atoms with Gasteiger partial charge in [0.2, 0.25) is 5.91 Å². The third-order valence-electron chi connectivity index (χ3n) is 2.62. The van der Waals surface area contributed by atoms with Crippen LogP contribution >= 0.6 is 11.9 Å². The SMILES string of the molecule is C[C@H](CSN=O)C(=O)N1CCCC1C(=O)O. The normalized spacial score (nSPS) is 21.8. The van der Waals surface area contributed by atoms with Gasteiger partial charge in [0.1, 0.15) is 6.04 Å². The number of nitrogens with zero attached hydrogens (tertiary/aromatic N) is 2. The number of likely N-dealkylation sites (tertiary alicyclic amines) is 1. The molecule has 0 aromatic heterocycles. The van der Waals surface area contributed by atoms with Crippen LogP contribution < -0.4 is 0 Å². The Morgan fingerprint density at radius 3 is 2.88 bits per heavy atom. The summed E-state index contributed by atoms with van der Waals surface area (Å²) in [7, 11) is 0. The molecule has 16 heavy (non-hydrogen) atoms. The Labute approximate surface area is 97.5 Å². The van der Waals surface area contributed by atoms with Crippen molar-refractivity contribution in [1.29, 1.82) is 0 Å². The number of carboxylic acid groups (broad SMARTS) is 1. The van der Waals surface area contributed by atoms with Crippen LogP contribution in [-0.4, -0.2) is 40.2 Å². The minimum atomic E-state index is -0.959. The predicted molar refractivity (Wildman–Crippen MR) is 59.8 cm³/mol. The van der Waals surface area contributed by atoms with E-state index >= 15 is 0 Å². The summed E-state index contributed by atoms with van der Waals surface area (Å²) in [6.45, 7) is 2.16. The van der Waals surface area contributed by atoms with Crippen LogP contribution in [0.15, 0.2) is 4.58 Å². The molecule has 1 rings (SSSR count). The van der Waals surface area contributed by atoms with Gasteiger partial charge in [-0.05, 0) is 12.8 Å². The molecule has 0 aromatic carbocycles. The Morgan fingerprint density at radius 1 is 1.62 bits per heavy atom. The monoisotopic (exact) mass is 246 g/mol. The average molecular weight is 246 g/mol. The Bertz CT molecular complexity index is 297. The van der Waals surface area contributed by atoms with E-state index in [1.807, 2.05) is 0 Å². The fourth-order valence-corrected chi connectivity index (χ4v) is 2.21. The molecule has 0 radical (unpaired) electrons. The van der Waals surface area contributed by atoms with E-state index in [0.717, 1.165) is 11.9 Å². The van der Waals surface area contributed by atoms with Crippen molar-refractivity contribution in [2.75, 3.05) is 12.3 Å². The fraction of sp³-hybridized carbons (Fsp3) is 0.778. The third-order valence-corrected chi connectivity index (χ3v) is 3.37. The van der Waals surface area contributed by atoms with E-state index in [2.05, 4.69) is 4.58 Å². The lowest BCUT2D eigenvalue weighted by Gasteiger charge is -2.24. The molecule has 2 atom stereocenters. The molecular weight excluding hydrogens is 232 g/mol. The Balaban J connectivity index is 2.58. The van der Waals surface area contributed by atoms with E-state index in [0.29, 0.717) is 25.1 Å². The Morgan fingerprint density at radius 2 is 2.31 bits per heavy atom. The quantitative estimate of drug-likeness (QED) is 0.580. The van der Waals surface area contributed by atoms with Crippen molar-refractivity contribution >= 4 is 23.8 Å². The summed E-state index contributed by atoms with van der Waals surface area (Å²) < 4.78 is 2.62. The number of amides is 1. The summed E-state index contributed by atoms with van der Waals surface area (Å²) in [5, 5.41) is 8.92. The largest absolute Gasteiger partial charge is 0.480 e. The second kappa shape index (κ2) is 5.83. The van der Waals surface area contributed by atoms with Crippen molar-refractivity contribution in [2.24, 2.45) is 10.5 Å². The van der Waals surface area contributed by atoms with Crippen LogP contribution in [0.5, 0.6) is 0 Å². The number of carboxylic acids is 1. The Kier molecular flexibility index (Phi) is 4.72. The van der Waals surface area contributed by atoms with Gasteiger partial charge in [-0.15, -0.1) is 4.91 Å². The summed E-state index contributed by atoms with van der Waals surface area (Å²) in [6.07, 6.45) is 1.22. The number of hydrogen-bond donors (Lipinski definition) is 1. The molecule has 1 aliphatic heterocycles. The van der Waals surface area contributed by atoms with Gasteiger partial charge >= 0.3 is 5.97 Å². The zero-order valence-corrected chi connectivity index (χ0v) is 9.77. The molecule has 0 spiro atoms. The highest BCUT2D eigenvalue weighted by atomic mass is 32.2. The van der Waals surface area contributed by atoms with E-state index in [1.165, 1.54) is 4.90 Å². The average Bonchev–Trinajstić information content (AvgIpc) is 2.73. The first-order valence-corrected chi connectivity index (χ1v) is 6.00. The maximum absolute atomic E-state index is 11.9. The van der Waals surface area contributed by atoms with Gasteiger partial charge < -0.3 is 10.0 Å². The van der Waals surface area contributed by atoms with Crippen molar-refractivity contribution in [3.63, 3.8) is 0 Å². The molecule has 1 amide bonds. The summed E-state index contributed by atoms with van der Waals surface area (Å²) in [5.41, 5.74) is 0. The first-order chi connectivity index (χ1) is 7.57. The van der Waals surface area contributed by atoms with Gasteiger partial charge in [-0.25, -0.2) is 4.79 Å². The maximum Gasteiger partial charge on any atom is 0.326 e. The number of nitroso groups, excluding NO2 is 1. The van der Waals surface area contributed by atoms with Crippen LogP contribution in [0.4, 0.5) is 0 Å². The van der Waals surface area contributed by atoms with Crippen LogP contribution in [0.2, 0.25) is 0 Å². The molecular formula is C9H14N2O4S. The molecule has 0 aliphatic carbocycles. The lowest BCUT2D eigenvalue weighted by atomic mass is 10.1. The van der Waals surface area contributed by atoms with E-state index in [4.69, 9.17) is 5.11 Å². The van der Waals surface area contributed by atoms with Gasteiger partial charge in [0.25, 0.3) is 0 Å². The maximum atomic E-state index is 11.9. The number of hydrogen-bond acceptors (Lipinski definition) is 5. The molecule has 6 nitrogen and oxygen atoms in total. The third kappa shape index (κ3) is 2.94. The highest BCUT2D eigenvalue weighted by Crippen LogP contribution is 2.21. The molecule has 0 bridgehead atoms. The van der Waals surface area contributed by atoms with Crippen LogP contribution in [-0.2, 0) is 9.59 Å². The fourth-order valence-electron chi connectivity index (χ4n) is 1.78. The van der Waals surface area contributed by atoms with Gasteiger partial charge in [-0.3, -0.25) is 4.79 Å². The van der Waals surface area contributed by atoms with Gasteiger partial charge in [0, 0.05) is 34.7 Å². The number of aliphatic carboxylic acids is 1. The summed E-state index contributed by atoms with van der Waals surface area (Å²) in [6, 6.07) is -0.704. The zero-order valence-electron chi connectivity index (χ0n) is 8.96. The summed E-state index contributed by atoms with van der Waals surface area (Å²) in [5.74, 6) is -1.24. The smallest absolute Gasteiger partial charge is 0.326 e. The number of carbonyl (C=O) groups excluding carboxylic acids is 1. The van der Waals surface area contributed by atoms with Crippen molar-refractivity contribution in [1.82, 2.24) is 4.90 Å². The summed E-state index contributed by atoms with van der Waals surface area (Å²) in [4.78, 5) is 34.1. The molecule has 1 heterocycles. The van der Waals surface area contributed by atoms with Crippen LogP contribution in [0, 0.1) is 10.8 Å². The molecule has 0 saturated carbocycles. The predicted octanol–water partition coefficient (Wildman–Crippen LogP) is 1.11. The molecule has 1 N–H and O–H groups in total. The van der Waals surface area contributed by atoms with Crippen LogP contribution in [0.3, 0.4) is 0 Å². The molecule has 1 unspecified atom stereocenters. The Hall–Kier alpha value is -1.11. The minimum Gasteiger partial charge on any atom is -0.480 e. The minimum absolute atomic E-state index is 0.207. The lowest BCUT2D eigenvalue weighted by Crippen LogP contribution is -2.43. The second-order valence-corrected chi connectivity index (χ2v) is 4.54. The highest BCUT2D eigenvalue weighted by Gasteiger charge is 2.35. The van der Waals surface area contributed by atoms with Gasteiger partial charge in [0.05, 0.1) is 0 Å². The van der Waals surface area contributed by atoms with E-state index in [-0.39, 0.29) is 11.8 Å². The number of carbonyl (C=O) groups is 2. The van der Waals surface area contributed by atoms with Crippen LogP contribution in [0.1, 0.15) is 19.8 Å². The molecule has 7 heteroatoms. The van der Waals surface area contributed by atoms with Crippen molar-refractivity contribution < 1.29 is 14.7 Å². The van der Waals surface area contributed by atoms with E-state index < -0.39 is 12.0 Å². The molecule has 0 aromatic rings. The highest BCUT2D eigenvalue weighted by molar-refractivity contribution is 7.97. The van der Waals surface area contributed by atoms with Crippen molar-refractivity contribution in [3.8, 4) is 0 Å². The first-order valence-electron chi connectivity index (χ1n) is 5.05. The molecule has 90 valence electrons. The molecule has 1 fully saturated rings. The number of rotatable bonds is 5. The lowest BCUT2D eigenvalue weighted by molar-refractivity contribution is -0.149. The zero-order chi connectivity index (χ0) is 12.1. The standard InChI is InChI=1S/C9H14N2O4S/c1-6(5-16-10-15)8(12)11-4-2-3-7(11)9(13)14/h6-7H,2-5H2,1H3,(H,13,14)/t6-,7?/m1/s1. The van der Waals surface area contributed by atoms with Crippen molar-refractivity contribution in [2.45, 2.75) is 25.8 Å². The van der Waals surface area contributed by atoms with Crippen molar-refractivity contribution in [3.05, 3.63) is 4.91 Å². The van der Waals surface area contributed by atoms with Gasteiger partial charge in [0.15, 0.2) is 0 Å². The summed E-state index contributed by atoms with van der Waals surface area (Å²) >= 11 is 0.787. The van der Waals surface area contributed by atoms with E-state index in [9.17, 15) is 14.5 Å². The molecule has 1 aliphatic rings. The topological polar surface area (TPSA) is 87.0 Å². The van der Waals surface area contributed by atoms with Crippen LogP contribution in [0.25, 0.3) is 0 Å². The second-order valence-electron chi connectivity index (χ2n) is 3.80. The first kappa shape index (κ1) is 13.0.